The number of rotatable bonds is 4. The van der Waals surface area contributed by atoms with Gasteiger partial charge in [-0.1, -0.05) is 26.0 Å². The molecule has 2 rings (SSSR count). The molecule has 0 aliphatic rings. The number of carbonyl (C=O) groups excluding carboxylic acids is 1. The van der Waals surface area contributed by atoms with Crippen molar-refractivity contribution < 1.29 is 4.79 Å². The number of thiazole rings is 1. The van der Waals surface area contributed by atoms with Crippen molar-refractivity contribution in [2.75, 3.05) is 5.32 Å². The van der Waals surface area contributed by atoms with E-state index in [1.807, 2.05) is 11.4 Å². The maximum Gasteiger partial charge on any atom is 0.257 e. The van der Waals surface area contributed by atoms with Crippen LogP contribution in [0, 0.1) is 11.3 Å². The maximum atomic E-state index is 12.1. The van der Waals surface area contributed by atoms with Gasteiger partial charge in [-0.2, -0.15) is 5.26 Å². The van der Waals surface area contributed by atoms with Crippen LogP contribution < -0.4 is 5.32 Å². The smallest absolute Gasteiger partial charge is 0.257 e. The minimum atomic E-state index is -0.200. The minimum Gasteiger partial charge on any atom is -0.298 e. The van der Waals surface area contributed by atoms with E-state index in [1.54, 1.807) is 18.2 Å². The Labute approximate surface area is 122 Å². The highest BCUT2D eigenvalue weighted by Crippen LogP contribution is 2.22. The molecule has 1 aromatic carbocycles. The van der Waals surface area contributed by atoms with Gasteiger partial charge in [0, 0.05) is 10.9 Å². The largest absolute Gasteiger partial charge is 0.298 e. The van der Waals surface area contributed by atoms with Crippen molar-refractivity contribution in [2.45, 2.75) is 26.2 Å². The summed E-state index contributed by atoms with van der Waals surface area (Å²) >= 11 is 1.42. The molecule has 0 unspecified atom stereocenters. The third-order valence-corrected chi connectivity index (χ3v) is 3.58. The van der Waals surface area contributed by atoms with E-state index in [0.717, 1.165) is 11.3 Å². The molecule has 4 nitrogen and oxygen atoms in total. The van der Waals surface area contributed by atoms with Crippen molar-refractivity contribution in [1.82, 2.24) is 4.98 Å². The summed E-state index contributed by atoms with van der Waals surface area (Å²) < 4.78 is 0. The zero-order valence-electron chi connectivity index (χ0n) is 11.4. The van der Waals surface area contributed by atoms with Crippen LogP contribution >= 0.6 is 11.3 Å². The summed E-state index contributed by atoms with van der Waals surface area (Å²) in [5.74, 6) is 0.144. The second-order valence-corrected chi connectivity index (χ2v) is 5.58. The monoisotopic (exact) mass is 285 g/mol. The van der Waals surface area contributed by atoms with Crippen molar-refractivity contribution >= 4 is 22.4 Å². The molecule has 0 aliphatic carbocycles. The Morgan fingerprint density at radius 2 is 2.30 bits per heavy atom. The van der Waals surface area contributed by atoms with Gasteiger partial charge >= 0.3 is 0 Å². The van der Waals surface area contributed by atoms with Crippen LogP contribution in [0.25, 0.3) is 0 Å². The van der Waals surface area contributed by atoms with Crippen LogP contribution in [0.15, 0.2) is 29.6 Å². The van der Waals surface area contributed by atoms with Crippen LogP contribution in [-0.2, 0) is 6.42 Å². The SMILES string of the molecule is CC(C)c1csc(NC(=O)c2cccc(CC#N)c2)n1. The van der Waals surface area contributed by atoms with Gasteiger partial charge in [0.1, 0.15) is 0 Å². The third kappa shape index (κ3) is 3.43. The van der Waals surface area contributed by atoms with Crippen LogP contribution in [0.2, 0.25) is 0 Å². The molecule has 1 N–H and O–H groups in total. The minimum absolute atomic E-state index is 0.200. The van der Waals surface area contributed by atoms with Gasteiger partial charge in [-0.15, -0.1) is 11.3 Å². The van der Waals surface area contributed by atoms with Crippen LogP contribution in [0.4, 0.5) is 5.13 Å². The molecule has 20 heavy (non-hydrogen) atoms. The first-order chi connectivity index (χ1) is 9.60. The summed E-state index contributed by atoms with van der Waals surface area (Å²) in [5, 5.41) is 14.0. The fourth-order valence-corrected chi connectivity index (χ4v) is 2.56. The van der Waals surface area contributed by atoms with Gasteiger partial charge < -0.3 is 0 Å². The van der Waals surface area contributed by atoms with E-state index in [2.05, 4.69) is 30.2 Å². The molecule has 1 heterocycles. The molecule has 0 fully saturated rings. The first-order valence-corrected chi connectivity index (χ1v) is 7.20. The highest BCUT2D eigenvalue weighted by Gasteiger charge is 2.10. The van der Waals surface area contributed by atoms with E-state index >= 15 is 0 Å². The lowest BCUT2D eigenvalue weighted by Crippen LogP contribution is -2.12. The lowest BCUT2D eigenvalue weighted by Gasteiger charge is -2.03. The second kappa shape index (κ2) is 6.31. The maximum absolute atomic E-state index is 12.1. The first kappa shape index (κ1) is 14.2. The highest BCUT2D eigenvalue weighted by atomic mass is 32.1. The normalized spacial score (nSPS) is 10.3. The number of nitrogens with one attached hydrogen (secondary N) is 1. The average Bonchev–Trinajstić information content (AvgIpc) is 2.88. The molecule has 0 bridgehead atoms. The van der Waals surface area contributed by atoms with E-state index in [-0.39, 0.29) is 5.91 Å². The van der Waals surface area contributed by atoms with Gasteiger partial charge in [0.25, 0.3) is 5.91 Å². The lowest BCUT2D eigenvalue weighted by atomic mass is 10.1. The van der Waals surface area contributed by atoms with Crippen molar-refractivity contribution in [2.24, 2.45) is 0 Å². The third-order valence-electron chi connectivity index (χ3n) is 2.81. The molecule has 5 heteroatoms. The molecule has 1 amide bonds. The van der Waals surface area contributed by atoms with E-state index in [9.17, 15) is 4.79 Å². The van der Waals surface area contributed by atoms with Crippen LogP contribution in [0.5, 0.6) is 0 Å². The molecule has 0 spiro atoms. The number of amides is 1. The second-order valence-electron chi connectivity index (χ2n) is 4.72. The number of hydrogen-bond donors (Lipinski definition) is 1. The Morgan fingerprint density at radius 1 is 1.50 bits per heavy atom. The van der Waals surface area contributed by atoms with Crippen molar-refractivity contribution in [3.8, 4) is 6.07 Å². The Morgan fingerprint density at radius 3 is 2.95 bits per heavy atom. The Bertz CT molecular complexity index is 655. The molecule has 0 saturated heterocycles. The molecule has 0 saturated carbocycles. The molecule has 102 valence electrons. The fourth-order valence-electron chi connectivity index (χ4n) is 1.69. The topological polar surface area (TPSA) is 65.8 Å². The van der Waals surface area contributed by atoms with Gasteiger partial charge in [0.2, 0.25) is 0 Å². The highest BCUT2D eigenvalue weighted by molar-refractivity contribution is 7.14. The predicted octanol–water partition coefficient (Wildman–Crippen LogP) is 3.58. The average molecular weight is 285 g/mol. The Hall–Kier alpha value is -2.19. The van der Waals surface area contributed by atoms with E-state index in [1.165, 1.54) is 11.3 Å². The molecular weight excluding hydrogens is 270 g/mol. The van der Waals surface area contributed by atoms with Crippen molar-refractivity contribution in [3.05, 3.63) is 46.5 Å². The van der Waals surface area contributed by atoms with Crippen LogP contribution in [0.1, 0.15) is 41.4 Å². The number of nitriles is 1. The van der Waals surface area contributed by atoms with E-state index in [0.29, 0.717) is 23.0 Å². The van der Waals surface area contributed by atoms with Gasteiger partial charge in [-0.05, 0) is 23.6 Å². The molecule has 1 aromatic heterocycles. The standard InChI is InChI=1S/C15H15N3OS/c1-10(2)13-9-20-15(17-13)18-14(19)12-5-3-4-11(8-12)6-7-16/h3-5,8-10H,6H2,1-2H3,(H,17,18,19). The van der Waals surface area contributed by atoms with Crippen LogP contribution in [0.3, 0.4) is 0 Å². The van der Waals surface area contributed by atoms with E-state index in [4.69, 9.17) is 5.26 Å². The van der Waals surface area contributed by atoms with Gasteiger partial charge in [-0.3, -0.25) is 10.1 Å². The van der Waals surface area contributed by atoms with Gasteiger partial charge in [-0.25, -0.2) is 4.98 Å². The summed E-state index contributed by atoms with van der Waals surface area (Å²) in [6.07, 6.45) is 0.301. The summed E-state index contributed by atoms with van der Waals surface area (Å²) in [4.78, 5) is 16.5. The molecule has 0 radical (unpaired) electrons. The summed E-state index contributed by atoms with van der Waals surface area (Å²) in [6.45, 7) is 4.12. The molecule has 2 aromatic rings. The molecule has 0 atom stereocenters. The Balaban J connectivity index is 2.11. The molecule has 0 aliphatic heterocycles. The first-order valence-electron chi connectivity index (χ1n) is 6.33. The quantitative estimate of drug-likeness (QED) is 0.933. The van der Waals surface area contributed by atoms with Crippen molar-refractivity contribution in [3.63, 3.8) is 0 Å². The number of carbonyl (C=O) groups is 1. The number of aromatic nitrogens is 1. The summed E-state index contributed by atoms with van der Waals surface area (Å²) in [7, 11) is 0. The predicted molar refractivity (Wildman–Crippen MR) is 79.9 cm³/mol. The zero-order chi connectivity index (χ0) is 14.5. The van der Waals surface area contributed by atoms with Gasteiger partial charge in [0.15, 0.2) is 5.13 Å². The Kier molecular flexibility index (Phi) is 4.49. The van der Waals surface area contributed by atoms with Crippen molar-refractivity contribution in [1.29, 1.82) is 5.26 Å². The zero-order valence-corrected chi connectivity index (χ0v) is 12.2. The summed E-state index contributed by atoms with van der Waals surface area (Å²) in [5.41, 5.74) is 2.35. The number of anilines is 1. The number of benzene rings is 1. The number of hydrogen-bond acceptors (Lipinski definition) is 4. The van der Waals surface area contributed by atoms with Crippen LogP contribution in [-0.4, -0.2) is 10.9 Å². The van der Waals surface area contributed by atoms with Gasteiger partial charge in [0.05, 0.1) is 18.2 Å². The van der Waals surface area contributed by atoms with E-state index < -0.39 is 0 Å². The number of nitrogens with zero attached hydrogens (tertiary/aromatic N) is 2. The summed E-state index contributed by atoms with van der Waals surface area (Å²) in [6, 6.07) is 9.15. The fraction of sp³-hybridized carbons (Fsp3) is 0.267. The lowest BCUT2D eigenvalue weighted by molar-refractivity contribution is 0.102. The molecular formula is C15H15N3OS.